The molecule has 6 heteroatoms. The number of hydrogen-bond donors (Lipinski definition) is 0. The van der Waals surface area contributed by atoms with Crippen LogP contribution in [0.4, 0.5) is 12.9 Å². The Labute approximate surface area is 119 Å². The Hall–Kier alpha value is 1.19. The zero-order valence-electron chi connectivity index (χ0n) is 8.06. The quantitative estimate of drug-likeness (QED) is 0.547. The molecule has 0 atom stereocenters. The Morgan fingerprint density at radius 3 is 2.23 bits per heavy atom. The van der Waals surface area contributed by atoms with Crippen molar-refractivity contribution < 1.29 is 64.3 Å². The van der Waals surface area contributed by atoms with E-state index in [0.29, 0.717) is 6.04 Å². The first-order valence-electron chi connectivity index (χ1n) is 3.99. The molecule has 0 spiro atoms. The smallest absolute Gasteiger partial charge is 0.445 e. The summed E-state index contributed by atoms with van der Waals surface area (Å²) < 4.78 is 36.1. The summed E-state index contributed by atoms with van der Waals surface area (Å²) in [4.78, 5) is 1.72. The molecule has 0 aromatic heterocycles. The van der Waals surface area contributed by atoms with Crippen molar-refractivity contribution in [2.45, 2.75) is 18.9 Å². The molecule has 1 saturated carbocycles. The summed E-state index contributed by atoms with van der Waals surface area (Å²) in [6, 6.07) is 0.361. The van der Waals surface area contributed by atoms with Gasteiger partial charge in [0, 0.05) is 6.04 Å². The molecule has 0 saturated heterocycles. The van der Waals surface area contributed by atoms with Crippen LogP contribution in [0.5, 0.6) is 0 Å². The molecule has 0 aromatic carbocycles. The van der Waals surface area contributed by atoms with E-state index < -0.39 is 12.4 Å². The van der Waals surface area contributed by atoms with Crippen LogP contribution in [0.1, 0.15) is 12.8 Å². The molecule has 1 nitrogen and oxygen atoms in total. The van der Waals surface area contributed by atoms with Gasteiger partial charge in [0.2, 0.25) is 0 Å². The van der Waals surface area contributed by atoms with Gasteiger partial charge in [-0.05, 0) is 26.4 Å². The van der Waals surface area contributed by atoms with E-state index in [9.17, 15) is 12.9 Å². The molecular weight excluding hydrogens is 205 g/mol. The van der Waals surface area contributed by atoms with Crippen LogP contribution in [0.15, 0.2) is 12.1 Å². The Morgan fingerprint density at radius 1 is 1.46 bits per heavy atom. The van der Waals surface area contributed by atoms with Gasteiger partial charge >= 0.3 is 58.4 Å². The SMILES string of the molecule is C=C(CN(C)C1CC1)[B-](F)(F)F.[K+]. The third kappa shape index (κ3) is 4.99. The molecule has 1 rings (SSSR count). The molecule has 0 radical (unpaired) electrons. The topological polar surface area (TPSA) is 3.24 Å². The van der Waals surface area contributed by atoms with Crippen LogP contribution in [0.3, 0.4) is 0 Å². The van der Waals surface area contributed by atoms with Gasteiger partial charge < -0.3 is 17.8 Å². The Bertz CT molecular complexity index is 191. The van der Waals surface area contributed by atoms with Gasteiger partial charge in [0.25, 0.3) is 0 Å². The second kappa shape index (κ2) is 5.32. The molecule has 70 valence electrons. The number of nitrogens with zero attached hydrogens (tertiary/aromatic N) is 1. The van der Waals surface area contributed by atoms with Crippen molar-refractivity contribution in [2.75, 3.05) is 13.6 Å². The van der Waals surface area contributed by atoms with E-state index in [4.69, 9.17) is 0 Å². The van der Waals surface area contributed by atoms with E-state index in [-0.39, 0.29) is 57.9 Å². The fourth-order valence-corrected chi connectivity index (χ4v) is 1.07. The van der Waals surface area contributed by atoms with Crippen LogP contribution >= 0.6 is 0 Å². The molecule has 1 aliphatic carbocycles. The average Bonchev–Trinajstić information content (AvgIpc) is 2.65. The summed E-state index contributed by atoms with van der Waals surface area (Å²) in [5, 5.41) is 0. The summed E-state index contributed by atoms with van der Waals surface area (Å²) >= 11 is 0. The molecule has 1 fully saturated rings. The zero-order valence-corrected chi connectivity index (χ0v) is 11.2. The van der Waals surface area contributed by atoms with Crippen LogP contribution in [0.2, 0.25) is 0 Å². The molecule has 1 aliphatic rings. The van der Waals surface area contributed by atoms with Crippen LogP contribution in [-0.2, 0) is 0 Å². The van der Waals surface area contributed by atoms with E-state index in [2.05, 4.69) is 6.58 Å². The molecule has 0 aliphatic heterocycles. The van der Waals surface area contributed by atoms with Gasteiger partial charge in [-0.25, -0.2) is 0 Å². The number of halogens is 3. The van der Waals surface area contributed by atoms with Crippen LogP contribution in [0, 0.1) is 0 Å². The fourth-order valence-electron chi connectivity index (χ4n) is 1.07. The molecule has 0 heterocycles. The summed E-state index contributed by atoms with van der Waals surface area (Å²) in [5.41, 5.74) is -0.593. The third-order valence-electron chi connectivity index (χ3n) is 2.09. The molecule has 0 N–H and O–H groups in total. The van der Waals surface area contributed by atoms with Crippen LogP contribution in [0.25, 0.3) is 0 Å². The van der Waals surface area contributed by atoms with Crippen molar-refractivity contribution in [1.29, 1.82) is 0 Å². The summed E-state index contributed by atoms with van der Waals surface area (Å²) in [6.45, 7) is -1.83. The van der Waals surface area contributed by atoms with Crippen LogP contribution < -0.4 is 51.4 Å². The monoisotopic (exact) mass is 217 g/mol. The van der Waals surface area contributed by atoms with Gasteiger partial charge in [-0.3, -0.25) is 0 Å². The summed E-state index contributed by atoms with van der Waals surface area (Å²) in [6.07, 6.45) is 2.04. The minimum absolute atomic E-state index is 0. The van der Waals surface area contributed by atoms with Crippen molar-refractivity contribution in [3.8, 4) is 0 Å². The largest absolute Gasteiger partial charge is 1.00 e. The molecule has 0 amide bonds. The second-order valence-corrected chi connectivity index (χ2v) is 3.38. The van der Waals surface area contributed by atoms with E-state index in [1.165, 1.54) is 0 Å². The number of likely N-dealkylation sites (N-methyl/N-ethyl adjacent to an activating group) is 1. The minimum atomic E-state index is -4.84. The third-order valence-corrected chi connectivity index (χ3v) is 2.09. The first-order chi connectivity index (χ1) is 5.41. The molecular formula is C7H12BF3KN. The second-order valence-electron chi connectivity index (χ2n) is 3.38. The van der Waals surface area contributed by atoms with Crippen molar-refractivity contribution in [1.82, 2.24) is 4.90 Å². The summed E-state index contributed by atoms with van der Waals surface area (Å²) in [5.74, 6) is 0. The Balaban J connectivity index is 0.00000144. The van der Waals surface area contributed by atoms with Gasteiger partial charge in [0.15, 0.2) is 0 Å². The van der Waals surface area contributed by atoms with Gasteiger partial charge in [-0.1, -0.05) is 0 Å². The maximum atomic E-state index is 12.0. The first kappa shape index (κ1) is 14.2. The van der Waals surface area contributed by atoms with Crippen molar-refractivity contribution in [2.24, 2.45) is 0 Å². The Morgan fingerprint density at radius 2 is 1.92 bits per heavy atom. The minimum Gasteiger partial charge on any atom is -0.445 e. The predicted octanol–water partition coefficient (Wildman–Crippen LogP) is -0.973. The normalized spacial score (nSPS) is 17.0. The van der Waals surface area contributed by atoms with Gasteiger partial charge in [-0.15, -0.1) is 12.1 Å². The van der Waals surface area contributed by atoms with E-state index in [1.807, 2.05) is 0 Å². The summed E-state index contributed by atoms with van der Waals surface area (Å²) in [7, 11) is 1.71. The molecule has 13 heavy (non-hydrogen) atoms. The Kier molecular flexibility index (Phi) is 5.81. The van der Waals surface area contributed by atoms with Crippen molar-refractivity contribution >= 4 is 6.98 Å². The fraction of sp³-hybridized carbons (Fsp3) is 0.714. The predicted molar refractivity (Wildman–Crippen MR) is 43.9 cm³/mol. The average molecular weight is 217 g/mol. The van der Waals surface area contributed by atoms with E-state index in [0.717, 1.165) is 12.8 Å². The van der Waals surface area contributed by atoms with Crippen LogP contribution in [-0.4, -0.2) is 31.5 Å². The first-order valence-corrected chi connectivity index (χ1v) is 3.99. The van der Waals surface area contributed by atoms with Gasteiger partial charge in [0.1, 0.15) is 0 Å². The van der Waals surface area contributed by atoms with E-state index >= 15 is 0 Å². The maximum Gasteiger partial charge on any atom is 1.00 e. The zero-order chi connectivity index (χ0) is 9.35. The molecule has 0 bridgehead atoms. The van der Waals surface area contributed by atoms with Crippen molar-refractivity contribution in [3.63, 3.8) is 0 Å². The molecule has 0 unspecified atom stereocenters. The number of hydrogen-bond acceptors (Lipinski definition) is 1. The molecule has 0 aromatic rings. The standard InChI is InChI=1S/C7H12BF3N.K/c1-6(8(9,10)11)5-12(2)7-3-4-7;/h7H,1,3-5H2,2H3;/q-1;+1. The van der Waals surface area contributed by atoms with E-state index in [1.54, 1.807) is 11.9 Å². The number of rotatable bonds is 4. The van der Waals surface area contributed by atoms with Crippen molar-refractivity contribution in [3.05, 3.63) is 12.1 Å². The maximum absolute atomic E-state index is 12.0. The van der Waals surface area contributed by atoms with Gasteiger partial charge in [0.05, 0.1) is 0 Å². The van der Waals surface area contributed by atoms with Gasteiger partial charge in [-0.2, -0.15) is 0 Å².